The SMILES string of the molecule is CC1CCCC2CC#CC12. The van der Waals surface area contributed by atoms with Gasteiger partial charge in [-0.1, -0.05) is 19.3 Å². The van der Waals surface area contributed by atoms with Gasteiger partial charge in [0, 0.05) is 12.3 Å². The second-order valence-corrected chi connectivity index (χ2v) is 3.72. The Hall–Kier alpha value is -0.440. The van der Waals surface area contributed by atoms with Crippen molar-refractivity contribution in [3.05, 3.63) is 0 Å². The van der Waals surface area contributed by atoms with Crippen LogP contribution < -0.4 is 0 Å². The molecule has 0 aromatic heterocycles. The molecule has 3 unspecified atom stereocenters. The second kappa shape index (κ2) is 2.31. The van der Waals surface area contributed by atoms with Crippen LogP contribution >= 0.6 is 0 Å². The van der Waals surface area contributed by atoms with E-state index < -0.39 is 0 Å². The van der Waals surface area contributed by atoms with E-state index in [4.69, 9.17) is 0 Å². The summed E-state index contributed by atoms with van der Waals surface area (Å²) in [7, 11) is 0. The molecule has 0 saturated heterocycles. The van der Waals surface area contributed by atoms with Gasteiger partial charge in [-0.15, -0.1) is 5.92 Å². The molecule has 0 bridgehead atoms. The maximum atomic E-state index is 3.36. The van der Waals surface area contributed by atoms with Crippen LogP contribution in [0.15, 0.2) is 0 Å². The molecule has 0 aliphatic heterocycles. The highest BCUT2D eigenvalue weighted by atomic mass is 14.3. The Morgan fingerprint density at radius 3 is 3.00 bits per heavy atom. The highest BCUT2D eigenvalue weighted by Crippen LogP contribution is 2.38. The summed E-state index contributed by atoms with van der Waals surface area (Å²) >= 11 is 0. The summed E-state index contributed by atoms with van der Waals surface area (Å²) in [5.74, 6) is 9.18. The zero-order chi connectivity index (χ0) is 6.97. The first-order chi connectivity index (χ1) is 4.88. The summed E-state index contributed by atoms with van der Waals surface area (Å²) in [4.78, 5) is 0. The lowest BCUT2D eigenvalue weighted by atomic mass is 9.75. The smallest absolute Gasteiger partial charge is 0.0265 e. The number of rotatable bonds is 0. The van der Waals surface area contributed by atoms with Crippen molar-refractivity contribution in [1.82, 2.24) is 0 Å². The zero-order valence-electron chi connectivity index (χ0n) is 6.56. The van der Waals surface area contributed by atoms with Gasteiger partial charge in [0.2, 0.25) is 0 Å². The molecule has 1 saturated carbocycles. The summed E-state index contributed by atoms with van der Waals surface area (Å²) in [5.41, 5.74) is 0. The third-order valence-electron chi connectivity index (χ3n) is 2.99. The molecule has 0 radical (unpaired) electrons. The van der Waals surface area contributed by atoms with Crippen LogP contribution in [0.5, 0.6) is 0 Å². The predicted octanol–water partition coefficient (Wildman–Crippen LogP) is 2.45. The van der Waals surface area contributed by atoms with Crippen LogP contribution in [-0.4, -0.2) is 0 Å². The van der Waals surface area contributed by atoms with E-state index in [0.29, 0.717) is 0 Å². The number of hydrogen-bond acceptors (Lipinski definition) is 0. The van der Waals surface area contributed by atoms with Crippen LogP contribution in [0.25, 0.3) is 0 Å². The monoisotopic (exact) mass is 134 g/mol. The van der Waals surface area contributed by atoms with Crippen LogP contribution in [0.4, 0.5) is 0 Å². The van der Waals surface area contributed by atoms with Gasteiger partial charge in [-0.05, 0) is 24.7 Å². The van der Waals surface area contributed by atoms with Gasteiger partial charge in [-0.3, -0.25) is 0 Å². The third-order valence-corrected chi connectivity index (χ3v) is 2.99. The number of fused-ring (bicyclic) bond motifs is 1. The molecule has 0 amide bonds. The van der Waals surface area contributed by atoms with Gasteiger partial charge in [-0.25, -0.2) is 0 Å². The normalized spacial score (nSPS) is 43.9. The largest absolute Gasteiger partial charge is 0.103 e. The maximum absolute atomic E-state index is 3.36. The molecule has 1 fully saturated rings. The van der Waals surface area contributed by atoms with E-state index in [1.165, 1.54) is 25.7 Å². The molecule has 3 atom stereocenters. The van der Waals surface area contributed by atoms with E-state index in [1.54, 1.807) is 0 Å². The van der Waals surface area contributed by atoms with Crippen molar-refractivity contribution in [2.45, 2.75) is 32.6 Å². The van der Waals surface area contributed by atoms with Gasteiger partial charge in [0.1, 0.15) is 0 Å². The molecule has 0 aromatic rings. The van der Waals surface area contributed by atoms with E-state index >= 15 is 0 Å². The molecular formula is C10H14. The Labute approximate surface area is 63.0 Å². The van der Waals surface area contributed by atoms with Gasteiger partial charge in [0.05, 0.1) is 0 Å². The van der Waals surface area contributed by atoms with E-state index in [9.17, 15) is 0 Å². The van der Waals surface area contributed by atoms with Crippen molar-refractivity contribution < 1.29 is 0 Å². The highest BCUT2D eigenvalue weighted by Gasteiger charge is 2.30. The summed E-state index contributed by atoms with van der Waals surface area (Å²) < 4.78 is 0. The Bertz CT molecular complexity index is 182. The molecule has 0 N–H and O–H groups in total. The minimum absolute atomic E-state index is 0.772. The molecular weight excluding hydrogens is 120 g/mol. The molecule has 10 heavy (non-hydrogen) atoms. The maximum Gasteiger partial charge on any atom is 0.0265 e. The summed E-state index contributed by atoms with van der Waals surface area (Å²) in [6, 6.07) is 0. The first kappa shape index (κ1) is 6.28. The second-order valence-electron chi connectivity index (χ2n) is 3.72. The fraction of sp³-hybridized carbons (Fsp3) is 0.800. The fourth-order valence-corrected chi connectivity index (χ4v) is 2.32. The zero-order valence-corrected chi connectivity index (χ0v) is 6.56. The van der Waals surface area contributed by atoms with Crippen molar-refractivity contribution >= 4 is 0 Å². The van der Waals surface area contributed by atoms with Crippen molar-refractivity contribution in [2.75, 3.05) is 0 Å². The van der Waals surface area contributed by atoms with Gasteiger partial charge in [-0.2, -0.15) is 0 Å². The average molecular weight is 134 g/mol. The minimum Gasteiger partial charge on any atom is -0.103 e. The molecule has 2 aliphatic rings. The van der Waals surface area contributed by atoms with Gasteiger partial charge >= 0.3 is 0 Å². The lowest BCUT2D eigenvalue weighted by Crippen LogP contribution is -2.22. The van der Waals surface area contributed by atoms with Crippen molar-refractivity contribution in [2.24, 2.45) is 17.8 Å². The fourth-order valence-electron chi connectivity index (χ4n) is 2.32. The van der Waals surface area contributed by atoms with E-state index in [-0.39, 0.29) is 0 Å². The van der Waals surface area contributed by atoms with Crippen LogP contribution in [-0.2, 0) is 0 Å². The highest BCUT2D eigenvalue weighted by molar-refractivity contribution is 5.15. The van der Waals surface area contributed by atoms with Crippen molar-refractivity contribution in [3.63, 3.8) is 0 Å². The van der Waals surface area contributed by atoms with Crippen molar-refractivity contribution in [1.29, 1.82) is 0 Å². The summed E-state index contributed by atoms with van der Waals surface area (Å²) in [6.07, 6.45) is 5.46. The minimum atomic E-state index is 0.772. The Morgan fingerprint density at radius 1 is 1.30 bits per heavy atom. The van der Waals surface area contributed by atoms with E-state index in [0.717, 1.165) is 17.8 Å². The van der Waals surface area contributed by atoms with Crippen LogP contribution in [0.3, 0.4) is 0 Å². The summed E-state index contributed by atoms with van der Waals surface area (Å²) in [6.45, 7) is 2.36. The van der Waals surface area contributed by atoms with Crippen LogP contribution in [0.2, 0.25) is 0 Å². The number of hydrogen-bond donors (Lipinski definition) is 0. The quantitative estimate of drug-likeness (QED) is 0.446. The van der Waals surface area contributed by atoms with E-state index in [2.05, 4.69) is 18.8 Å². The van der Waals surface area contributed by atoms with Crippen molar-refractivity contribution in [3.8, 4) is 11.8 Å². The molecule has 0 heteroatoms. The average Bonchev–Trinajstić information content (AvgIpc) is 2.36. The topological polar surface area (TPSA) is 0 Å². The molecule has 0 nitrogen and oxygen atoms in total. The van der Waals surface area contributed by atoms with Gasteiger partial charge in [0.25, 0.3) is 0 Å². The van der Waals surface area contributed by atoms with E-state index in [1.807, 2.05) is 0 Å². The first-order valence-electron chi connectivity index (χ1n) is 4.36. The molecule has 54 valence electrons. The molecule has 0 aromatic carbocycles. The lowest BCUT2D eigenvalue weighted by Gasteiger charge is -2.29. The predicted molar refractivity (Wildman–Crippen MR) is 42.4 cm³/mol. The standard InChI is InChI=1S/C10H14/c1-8-4-2-5-9-6-3-7-10(8)9/h8-10H,2,4-6H2,1H3. The van der Waals surface area contributed by atoms with Crippen LogP contribution in [0.1, 0.15) is 32.6 Å². The Kier molecular flexibility index (Phi) is 1.45. The van der Waals surface area contributed by atoms with Gasteiger partial charge < -0.3 is 0 Å². The van der Waals surface area contributed by atoms with Crippen LogP contribution in [0, 0.1) is 29.6 Å². The van der Waals surface area contributed by atoms with Gasteiger partial charge in [0.15, 0.2) is 0 Å². The summed E-state index contributed by atoms with van der Waals surface area (Å²) in [5, 5.41) is 0. The molecule has 2 rings (SSSR count). The Balaban J connectivity index is 2.10. The molecule has 0 heterocycles. The molecule has 0 spiro atoms. The molecule has 2 aliphatic carbocycles. The first-order valence-corrected chi connectivity index (χ1v) is 4.36. The Morgan fingerprint density at radius 2 is 2.20 bits per heavy atom. The lowest BCUT2D eigenvalue weighted by molar-refractivity contribution is 0.230. The third kappa shape index (κ3) is 0.850.